The standard InChI is InChI=1S/C23H21IN2O4S/c1-15-9-11-17(12-10-15)31(28,29)26-20(24)13-18-19(14-25(2)23(27)21(18)26)22(30-3)16-7-5-4-6-8-16/h4-14,22H,1-3H3. The van der Waals surface area contributed by atoms with Gasteiger partial charge in [-0.1, -0.05) is 48.0 Å². The van der Waals surface area contributed by atoms with Gasteiger partial charge in [-0.2, -0.15) is 0 Å². The molecule has 8 heteroatoms. The molecule has 2 aromatic heterocycles. The highest BCUT2D eigenvalue weighted by molar-refractivity contribution is 14.1. The van der Waals surface area contributed by atoms with Crippen LogP contribution in [-0.4, -0.2) is 24.1 Å². The summed E-state index contributed by atoms with van der Waals surface area (Å²) >= 11 is 1.96. The Morgan fingerprint density at radius 1 is 1.03 bits per heavy atom. The molecule has 4 aromatic rings. The van der Waals surface area contributed by atoms with Gasteiger partial charge in [0.25, 0.3) is 15.6 Å². The molecule has 2 heterocycles. The number of hydrogen-bond donors (Lipinski definition) is 0. The maximum atomic E-state index is 13.5. The predicted octanol–water partition coefficient (Wildman–Crippen LogP) is 4.23. The van der Waals surface area contributed by atoms with Crippen LogP contribution in [0.15, 0.2) is 76.6 Å². The Bertz CT molecular complexity index is 1420. The molecule has 2 aromatic carbocycles. The monoisotopic (exact) mass is 548 g/mol. The molecule has 4 rings (SSSR count). The molecule has 0 aliphatic carbocycles. The molecule has 0 amide bonds. The molecule has 0 radical (unpaired) electrons. The summed E-state index contributed by atoms with van der Waals surface area (Å²) in [6, 6.07) is 18.0. The van der Waals surface area contributed by atoms with Gasteiger partial charge in [0, 0.05) is 31.3 Å². The Kier molecular flexibility index (Phi) is 5.80. The van der Waals surface area contributed by atoms with Gasteiger partial charge in [0.05, 0.1) is 8.60 Å². The van der Waals surface area contributed by atoms with E-state index in [0.29, 0.717) is 9.09 Å². The fourth-order valence-electron chi connectivity index (χ4n) is 3.72. The summed E-state index contributed by atoms with van der Waals surface area (Å²) in [5.74, 6) is 0. The Balaban J connectivity index is 2.04. The second kappa shape index (κ2) is 8.25. The van der Waals surface area contributed by atoms with Crippen molar-refractivity contribution >= 4 is 43.5 Å². The second-order valence-electron chi connectivity index (χ2n) is 7.34. The van der Waals surface area contributed by atoms with Crippen LogP contribution < -0.4 is 5.56 Å². The first-order chi connectivity index (χ1) is 14.8. The first-order valence-corrected chi connectivity index (χ1v) is 12.1. The molecular formula is C23H21IN2O4S. The van der Waals surface area contributed by atoms with E-state index in [1.807, 2.05) is 59.8 Å². The van der Waals surface area contributed by atoms with Crippen molar-refractivity contribution in [2.24, 2.45) is 7.05 Å². The van der Waals surface area contributed by atoms with E-state index in [1.54, 1.807) is 50.7 Å². The third kappa shape index (κ3) is 3.72. The minimum atomic E-state index is -3.97. The lowest BCUT2D eigenvalue weighted by molar-refractivity contribution is 0.137. The quantitative estimate of drug-likeness (QED) is 0.351. The minimum absolute atomic E-state index is 0.114. The molecule has 0 saturated carbocycles. The zero-order valence-corrected chi connectivity index (χ0v) is 20.2. The molecule has 6 nitrogen and oxygen atoms in total. The number of fused-ring (bicyclic) bond motifs is 1. The lowest BCUT2D eigenvalue weighted by Crippen LogP contribution is -2.24. The lowest BCUT2D eigenvalue weighted by atomic mass is 10.00. The molecule has 31 heavy (non-hydrogen) atoms. The topological polar surface area (TPSA) is 70.3 Å². The minimum Gasteiger partial charge on any atom is -0.372 e. The van der Waals surface area contributed by atoms with Gasteiger partial charge in [0.1, 0.15) is 11.6 Å². The number of aryl methyl sites for hydroxylation is 2. The highest BCUT2D eigenvalue weighted by Crippen LogP contribution is 2.33. The number of rotatable bonds is 5. The molecule has 0 fully saturated rings. The average molecular weight is 548 g/mol. The van der Waals surface area contributed by atoms with Crippen LogP contribution in [0.1, 0.15) is 22.8 Å². The van der Waals surface area contributed by atoms with Crippen molar-refractivity contribution in [1.82, 2.24) is 8.54 Å². The molecule has 160 valence electrons. The van der Waals surface area contributed by atoms with Crippen LogP contribution in [0.2, 0.25) is 0 Å². The maximum absolute atomic E-state index is 13.5. The largest absolute Gasteiger partial charge is 0.372 e. The van der Waals surface area contributed by atoms with E-state index < -0.39 is 16.1 Å². The van der Waals surface area contributed by atoms with Crippen LogP contribution >= 0.6 is 22.6 Å². The van der Waals surface area contributed by atoms with Gasteiger partial charge in [-0.15, -0.1) is 0 Å². The van der Waals surface area contributed by atoms with Crippen LogP contribution in [0, 0.1) is 10.6 Å². The fraction of sp³-hybridized carbons (Fsp3) is 0.174. The number of halogens is 1. The number of aromatic nitrogens is 2. The second-order valence-corrected chi connectivity index (χ2v) is 10.2. The van der Waals surface area contributed by atoms with Crippen molar-refractivity contribution in [2.75, 3.05) is 7.11 Å². The Hall–Kier alpha value is -2.43. The smallest absolute Gasteiger partial charge is 0.275 e. The zero-order valence-electron chi connectivity index (χ0n) is 17.2. The predicted molar refractivity (Wildman–Crippen MR) is 129 cm³/mol. The van der Waals surface area contributed by atoms with Gasteiger partial charge in [0.15, 0.2) is 0 Å². The van der Waals surface area contributed by atoms with E-state index in [1.165, 1.54) is 4.57 Å². The van der Waals surface area contributed by atoms with Crippen molar-refractivity contribution in [2.45, 2.75) is 17.9 Å². The van der Waals surface area contributed by atoms with Crippen LogP contribution in [0.5, 0.6) is 0 Å². The highest BCUT2D eigenvalue weighted by Gasteiger charge is 2.28. The normalized spacial score (nSPS) is 12.9. The van der Waals surface area contributed by atoms with Gasteiger partial charge in [-0.05, 0) is 53.3 Å². The first kappa shape index (κ1) is 21.8. The van der Waals surface area contributed by atoms with Crippen molar-refractivity contribution in [1.29, 1.82) is 0 Å². The fourth-order valence-corrected chi connectivity index (χ4v) is 6.44. The molecule has 1 unspecified atom stereocenters. The highest BCUT2D eigenvalue weighted by atomic mass is 127. The van der Waals surface area contributed by atoms with E-state index in [4.69, 9.17) is 4.74 Å². The van der Waals surface area contributed by atoms with E-state index in [2.05, 4.69) is 0 Å². The average Bonchev–Trinajstić information content (AvgIpc) is 3.11. The molecular weight excluding hydrogens is 527 g/mol. The summed E-state index contributed by atoms with van der Waals surface area (Å²) < 4.78 is 35.8. The van der Waals surface area contributed by atoms with Crippen LogP contribution in [0.4, 0.5) is 0 Å². The summed E-state index contributed by atoms with van der Waals surface area (Å²) in [5, 5.41) is 0.555. The molecule has 0 aliphatic heterocycles. The number of pyridine rings is 1. The number of methoxy groups -OCH3 is 1. The molecule has 0 bridgehead atoms. The van der Waals surface area contributed by atoms with Gasteiger partial charge < -0.3 is 9.30 Å². The molecule has 0 saturated heterocycles. The molecule has 0 spiro atoms. The van der Waals surface area contributed by atoms with Crippen molar-refractivity contribution in [3.8, 4) is 0 Å². The van der Waals surface area contributed by atoms with E-state index in [0.717, 1.165) is 20.7 Å². The van der Waals surface area contributed by atoms with Gasteiger partial charge in [0.2, 0.25) is 0 Å². The van der Waals surface area contributed by atoms with Gasteiger partial charge in [-0.3, -0.25) is 4.79 Å². The lowest BCUT2D eigenvalue weighted by Gasteiger charge is -2.18. The zero-order chi connectivity index (χ0) is 22.3. The van der Waals surface area contributed by atoms with Crippen molar-refractivity contribution in [3.05, 3.63) is 97.6 Å². The summed E-state index contributed by atoms with van der Waals surface area (Å²) in [5.41, 5.74) is 2.31. The molecule has 1 atom stereocenters. The summed E-state index contributed by atoms with van der Waals surface area (Å²) in [6.07, 6.45) is 1.26. The van der Waals surface area contributed by atoms with Crippen LogP contribution in [0.25, 0.3) is 10.9 Å². The van der Waals surface area contributed by atoms with Gasteiger partial charge in [-0.25, -0.2) is 12.4 Å². The van der Waals surface area contributed by atoms with Crippen molar-refractivity contribution in [3.63, 3.8) is 0 Å². The third-order valence-electron chi connectivity index (χ3n) is 5.26. The Morgan fingerprint density at radius 3 is 2.29 bits per heavy atom. The Labute approximate surface area is 194 Å². The summed E-state index contributed by atoms with van der Waals surface area (Å²) in [4.78, 5) is 13.3. The van der Waals surface area contributed by atoms with E-state index >= 15 is 0 Å². The Morgan fingerprint density at radius 2 is 1.68 bits per heavy atom. The number of ether oxygens (including phenoxy) is 1. The van der Waals surface area contributed by atoms with E-state index in [-0.39, 0.29) is 16.0 Å². The number of nitrogens with zero attached hydrogens (tertiary/aromatic N) is 2. The molecule has 0 aliphatic rings. The van der Waals surface area contributed by atoms with E-state index in [9.17, 15) is 13.2 Å². The number of benzene rings is 2. The summed E-state index contributed by atoms with van der Waals surface area (Å²) in [6.45, 7) is 1.89. The van der Waals surface area contributed by atoms with Crippen molar-refractivity contribution < 1.29 is 13.2 Å². The summed E-state index contributed by atoms with van der Waals surface area (Å²) in [7, 11) is -0.754. The number of hydrogen-bond acceptors (Lipinski definition) is 4. The maximum Gasteiger partial charge on any atom is 0.275 e. The van der Waals surface area contributed by atoms with Gasteiger partial charge >= 0.3 is 0 Å². The van der Waals surface area contributed by atoms with Crippen LogP contribution in [-0.2, 0) is 21.8 Å². The first-order valence-electron chi connectivity index (χ1n) is 9.56. The SMILES string of the molecule is COC(c1ccccc1)c1cn(C)c(=O)c2c1cc(I)n2S(=O)(=O)c1ccc(C)cc1. The molecule has 0 N–H and O–H groups in total. The van der Waals surface area contributed by atoms with Crippen LogP contribution in [0.3, 0.4) is 0 Å². The third-order valence-corrected chi connectivity index (χ3v) is 8.11.